The first kappa shape index (κ1) is 17.0. The van der Waals surface area contributed by atoms with E-state index >= 15 is 0 Å². The summed E-state index contributed by atoms with van der Waals surface area (Å²) < 4.78 is 10.6. The summed E-state index contributed by atoms with van der Waals surface area (Å²) in [5, 5.41) is 3.51. The van der Waals surface area contributed by atoms with Gasteiger partial charge in [0, 0.05) is 11.9 Å². The second-order valence-corrected chi connectivity index (χ2v) is 5.99. The molecule has 0 aliphatic rings. The van der Waals surface area contributed by atoms with Gasteiger partial charge in [-0.2, -0.15) is 0 Å². The molecule has 0 saturated carbocycles. The maximum Gasteiger partial charge on any atom is 0.407 e. The normalized spacial score (nSPS) is 11.2. The third kappa shape index (κ3) is 7.50. The van der Waals surface area contributed by atoms with Gasteiger partial charge >= 0.3 is 6.09 Å². The van der Waals surface area contributed by atoms with Crippen LogP contribution in [-0.4, -0.2) is 24.8 Å². The zero-order valence-electron chi connectivity index (χ0n) is 12.2. The van der Waals surface area contributed by atoms with Crippen molar-refractivity contribution in [1.29, 1.82) is 0 Å². The minimum Gasteiger partial charge on any atom is -0.444 e. The Labute approximate surface area is 129 Å². The number of benzene rings is 1. The molecule has 112 valence electrons. The Morgan fingerprint density at radius 1 is 1.20 bits per heavy atom. The minimum atomic E-state index is -0.470. The number of ether oxygens (including phenoxy) is 2. The van der Waals surface area contributed by atoms with Crippen LogP contribution >= 0.6 is 15.9 Å². The van der Waals surface area contributed by atoms with Gasteiger partial charge in [-0.1, -0.05) is 40.2 Å². The van der Waals surface area contributed by atoms with Crippen molar-refractivity contribution in [3.8, 4) is 0 Å². The SMILES string of the molecule is CC(C)(C)OC(=O)NCCOCc1ccc(CBr)cc1. The third-order valence-corrected chi connectivity index (χ3v) is 3.01. The van der Waals surface area contributed by atoms with Gasteiger partial charge < -0.3 is 14.8 Å². The summed E-state index contributed by atoms with van der Waals surface area (Å²) in [6.45, 7) is 6.94. The molecule has 0 aromatic heterocycles. The summed E-state index contributed by atoms with van der Waals surface area (Å²) in [6, 6.07) is 8.20. The Bertz CT molecular complexity index is 412. The molecule has 5 heteroatoms. The lowest BCUT2D eigenvalue weighted by atomic mass is 10.2. The lowest BCUT2D eigenvalue weighted by molar-refractivity contribution is 0.0494. The summed E-state index contributed by atoms with van der Waals surface area (Å²) in [5.41, 5.74) is 1.88. The van der Waals surface area contributed by atoms with Crippen LogP contribution in [-0.2, 0) is 21.4 Å². The predicted molar refractivity (Wildman–Crippen MR) is 83.0 cm³/mol. The van der Waals surface area contributed by atoms with E-state index in [2.05, 4.69) is 33.4 Å². The van der Waals surface area contributed by atoms with E-state index in [0.29, 0.717) is 19.8 Å². The fourth-order valence-electron chi connectivity index (χ4n) is 1.45. The van der Waals surface area contributed by atoms with Gasteiger partial charge in [-0.25, -0.2) is 4.79 Å². The molecule has 0 saturated heterocycles. The molecule has 20 heavy (non-hydrogen) atoms. The fraction of sp³-hybridized carbons (Fsp3) is 0.533. The van der Waals surface area contributed by atoms with E-state index < -0.39 is 11.7 Å². The molecule has 1 aromatic rings. The first-order chi connectivity index (χ1) is 9.40. The van der Waals surface area contributed by atoms with E-state index in [-0.39, 0.29) is 0 Å². The molecule has 0 spiro atoms. The molecule has 0 radical (unpaired) electrons. The van der Waals surface area contributed by atoms with Crippen LogP contribution in [0.2, 0.25) is 0 Å². The van der Waals surface area contributed by atoms with E-state index in [9.17, 15) is 4.79 Å². The molecule has 1 aromatic carbocycles. The van der Waals surface area contributed by atoms with Crippen LogP contribution in [0.3, 0.4) is 0 Å². The van der Waals surface area contributed by atoms with Crippen molar-refractivity contribution in [2.45, 2.75) is 38.3 Å². The fourth-order valence-corrected chi connectivity index (χ4v) is 1.83. The highest BCUT2D eigenvalue weighted by Crippen LogP contribution is 2.09. The van der Waals surface area contributed by atoms with Gasteiger partial charge in [-0.15, -0.1) is 0 Å². The number of alkyl halides is 1. The monoisotopic (exact) mass is 343 g/mol. The van der Waals surface area contributed by atoms with Crippen molar-refractivity contribution in [3.05, 3.63) is 35.4 Å². The maximum absolute atomic E-state index is 11.4. The number of carbonyl (C=O) groups excluding carboxylic acids is 1. The number of rotatable bonds is 6. The second kappa shape index (κ2) is 8.27. The average molecular weight is 344 g/mol. The van der Waals surface area contributed by atoms with Crippen molar-refractivity contribution < 1.29 is 14.3 Å². The number of hydrogen-bond acceptors (Lipinski definition) is 3. The second-order valence-electron chi connectivity index (χ2n) is 5.43. The number of amides is 1. The molecule has 0 fully saturated rings. The van der Waals surface area contributed by atoms with Gasteiger partial charge in [-0.05, 0) is 31.9 Å². The minimum absolute atomic E-state index is 0.414. The number of carbonyl (C=O) groups is 1. The van der Waals surface area contributed by atoms with E-state index in [4.69, 9.17) is 9.47 Å². The summed E-state index contributed by atoms with van der Waals surface area (Å²) in [6.07, 6.45) is -0.414. The Morgan fingerprint density at radius 2 is 1.80 bits per heavy atom. The molecule has 0 heterocycles. The van der Waals surface area contributed by atoms with E-state index in [1.807, 2.05) is 32.9 Å². The zero-order valence-corrected chi connectivity index (χ0v) is 13.8. The van der Waals surface area contributed by atoms with Gasteiger partial charge in [0.2, 0.25) is 0 Å². The summed E-state index contributed by atoms with van der Waals surface area (Å²) in [5.74, 6) is 0. The molecule has 1 amide bonds. The Morgan fingerprint density at radius 3 is 2.35 bits per heavy atom. The molecule has 0 atom stereocenters. The highest BCUT2D eigenvalue weighted by molar-refractivity contribution is 9.08. The topological polar surface area (TPSA) is 47.6 Å². The zero-order chi connectivity index (χ0) is 15.0. The summed E-state index contributed by atoms with van der Waals surface area (Å²) >= 11 is 3.41. The molecule has 0 aliphatic heterocycles. The molecule has 0 bridgehead atoms. The summed E-state index contributed by atoms with van der Waals surface area (Å²) in [4.78, 5) is 11.4. The standard InChI is InChI=1S/C15H22BrNO3/c1-15(2,3)20-14(18)17-8-9-19-11-13-6-4-12(10-16)5-7-13/h4-7H,8-11H2,1-3H3,(H,17,18). The van der Waals surface area contributed by atoms with Gasteiger partial charge in [0.15, 0.2) is 0 Å². The van der Waals surface area contributed by atoms with Crippen molar-refractivity contribution in [2.24, 2.45) is 0 Å². The van der Waals surface area contributed by atoms with Crippen LogP contribution in [0.5, 0.6) is 0 Å². The van der Waals surface area contributed by atoms with Crippen molar-refractivity contribution >= 4 is 22.0 Å². The van der Waals surface area contributed by atoms with E-state index in [1.54, 1.807) is 0 Å². The van der Waals surface area contributed by atoms with Crippen LogP contribution in [0, 0.1) is 0 Å². The quantitative estimate of drug-likeness (QED) is 0.633. The lowest BCUT2D eigenvalue weighted by Gasteiger charge is -2.19. The smallest absolute Gasteiger partial charge is 0.407 e. The molecule has 0 unspecified atom stereocenters. The molecule has 0 aliphatic carbocycles. The van der Waals surface area contributed by atoms with Crippen LogP contribution in [0.1, 0.15) is 31.9 Å². The van der Waals surface area contributed by atoms with E-state index in [1.165, 1.54) is 5.56 Å². The lowest BCUT2D eigenvalue weighted by Crippen LogP contribution is -2.34. The van der Waals surface area contributed by atoms with Crippen LogP contribution in [0.25, 0.3) is 0 Å². The number of alkyl carbamates (subject to hydrolysis) is 1. The average Bonchev–Trinajstić information content (AvgIpc) is 2.37. The molecular weight excluding hydrogens is 322 g/mol. The number of hydrogen-bond donors (Lipinski definition) is 1. The van der Waals surface area contributed by atoms with Gasteiger partial charge in [0.1, 0.15) is 5.60 Å². The Kier molecular flexibility index (Phi) is 7.02. The number of halogens is 1. The van der Waals surface area contributed by atoms with Gasteiger partial charge in [-0.3, -0.25) is 0 Å². The van der Waals surface area contributed by atoms with Gasteiger partial charge in [0.05, 0.1) is 13.2 Å². The Hall–Kier alpha value is -1.07. The predicted octanol–water partition coefficient (Wildman–Crippen LogP) is 3.62. The number of nitrogens with one attached hydrogen (secondary N) is 1. The first-order valence-corrected chi connectivity index (χ1v) is 7.71. The molecular formula is C15H22BrNO3. The van der Waals surface area contributed by atoms with Crippen molar-refractivity contribution in [1.82, 2.24) is 5.32 Å². The molecule has 1 rings (SSSR count). The summed E-state index contributed by atoms with van der Waals surface area (Å²) in [7, 11) is 0. The third-order valence-electron chi connectivity index (χ3n) is 2.36. The van der Waals surface area contributed by atoms with Crippen molar-refractivity contribution in [3.63, 3.8) is 0 Å². The largest absolute Gasteiger partial charge is 0.444 e. The first-order valence-electron chi connectivity index (χ1n) is 6.59. The van der Waals surface area contributed by atoms with Crippen molar-refractivity contribution in [2.75, 3.05) is 13.2 Å². The Balaban J connectivity index is 2.14. The van der Waals surface area contributed by atoms with E-state index in [0.717, 1.165) is 10.9 Å². The van der Waals surface area contributed by atoms with Gasteiger partial charge in [0.25, 0.3) is 0 Å². The van der Waals surface area contributed by atoms with Crippen LogP contribution in [0.4, 0.5) is 4.79 Å². The maximum atomic E-state index is 11.4. The molecule has 4 nitrogen and oxygen atoms in total. The van der Waals surface area contributed by atoms with Crippen LogP contribution < -0.4 is 5.32 Å². The highest BCUT2D eigenvalue weighted by atomic mass is 79.9. The molecule has 1 N–H and O–H groups in total. The highest BCUT2D eigenvalue weighted by Gasteiger charge is 2.15. The van der Waals surface area contributed by atoms with Crippen LogP contribution in [0.15, 0.2) is 24.3 Å².